The number of pyridine rings is 1. The molecular formula is C46H24F4N4. The number of hydrogen-bond acceptors (Lipinski definition) is 3. The Bertz CT molecular complexity index is 2940. The van der Waals surface area contributed by atoms with Gasteiger partial charge >= 0.3 is 0 Å². The zero-order valence-corrected chi connectivity index (χ0v) is 28.2. The molecule has 9 rings (SSSR count). The molecule has 256 valence electrons. The molecule has 0 aliphatic rings. The summed E-state index contributed by atoms with van der Waals surface area (Å²) >= 11 is 0. The molecule has 0 N–H and O–H groups in total. The first-order valence-electron chi connectivity index (χ1n) is 17.0. The molecule has 0 aliphatic heterocycles. The highest BCUT2D eigenvalue weighted by Gasteiger charge is 2.27. The summed E-state index contributed by atoms with van der Waals surface area (Å²) in [5.41, 5.74) is 5.87. The lowest BCUT2D eigenvalue weighted by atomic mass is 9.92. The zero-order chi connectivity index (χ0) is 36.9. The van der Waals surface area contributed by atoms with Gasteiger partial charge in [0.05, 0.1) is 45.8 Å². The smallest absolute Gasteiger partial charge is 0.247 e. The first kappa shape index (κ1) is 32.7. The normalized spacial score (nSPS) is 11.3. The van der Waals surface area contributed by atoms with Crippen LogP contribution >= 0.6 is 0 Å². The summed E-state index contributed by atoms with van der Waals surface area (Å²) < 4.78 is 59.4. The topological polar surface area (TPSA) is 43.0 Å². The molecule has 0 amide bonds. The molecule has 8 heteroatoms. The fraction of sp³-hybridized carbons (Fsp3) is 0. The molecule has 0 spiro atoms. The molecular weight excluding hydrogens is 685 g/mol. The van der Waals surface area contributed by atoms with Crippen molar-refractivity contribution >= 4 is 38.4 Å². The number of fused-ring (bicyclic) bond motifs is 5. The first-order valence-corrected chi connectivity index (χ1v) is 17.0. The molecule has 0 atom stereocenters. The summed E-state index contributed by atoms with van der Waals surface area (Å²) in [6.07, 6.45) is 0. The molecule has 0 fully saturated rings. The van der Waals surface area contributed by atoms with Crippen molar-refractivity contribution in [1.29, 1.82) is 0 Å². The van der Waals surface area contributed by atoms with Gasteiger partial charge in [0, 0.05) is 38.4 Å². The van der Waals surface area contributed by atoms with Crippen LogP contribution in [0.15, 0.2) is 146 Å². The van der Waals surface area contributed by atoms with Crippen LogP contribution < -0.4 is 0 Å². The van der Waals surface area contributed by atoms with Gasteiger partial charge in [-0.1, -0.05) is 133 Å². The van der Waals surface area contributed by atoms with Crippen LogP contribution in [0.25, 0.3) is 93.6 Å². The van der Waals surface area contributed by atoms with Crippen LogP contribution in [-0.4, -0.2) is 15.0 Å². The van der Waals surface area contributed by atoms with E-state index < -0.39 is 34.5 Å². The van der Waals surface area contributed by atoms with Gasteiger partial charge < -0.3 is 0 Å². The predicted octanol–water partition coefficient (Wildman–Crippen LogP) is 12.8. The van der Waals surface area contributed by atoms with Gasteiger partial charge in [0.25, 0.3) is 5.69 Å². The van der Waals surface area contributed by atoms with Crippen molar-refractivity contribution < 1.29 is 17.6 Å². The molecule has 0 radical (unpaired) electrons. The maximum Gasteiger partial charge on any atom is 0.262 e. The number of hydrogen-bond donors (Lipinski definition) is 0. The third kappa shape index (κ3) is 5.25. The predicted molar refractivity (Wildman–Crippen MR) is 206 cm³/mol. The standard InChI is InChI=1S/C46H24F4N4/c1-51-46-39(49)37(47)35(38(48)40(46)50)27-21-23-30(24-22-27)41-33-25-32(26-13-5-2-6-14-26)44-45(36(33)31-19-11-12-20-34(31)52-41)54-43(29-17-9-4-10-18-29)42(53-44)28-15-7-3-8-16-28/h2-25H. The van der Waals surface area contributed by atoms with Crippen LogP contribution in [0.3, 0.4) is 0 Å². The van der Waals surface area contributed by atoms with Crippen molar-refractivity contribution in [3.8, 4) is 56.0 Å². The van der Waals surface area contributed by atoms with E-state index in [0.29, 0.717) is 33.5 Å². The SMILES string of the molecule is [C-]#[N+]c1c(F)c(F)c(-c2ccc(-c3nc4ccccc4c4c3cc(-c3ccccc3)c3nc(-c5ccccc5)c(-c5ccccc5)nc34)cc2)c(F)c1F. The summed E-state index contributed by atoms with van der Waals surface area (Å²) in [6, 6.07) is 45.5. The number of benzene rings is 7. The van der Waals surface area contributed by atoms with E-state index in [1.165, 1.54) is 12.1 Å². The minimum atomic E-state index is -1.74. The van der Waals surface area contributed by atoms with E-state index in [-0.39, 0.29) is 5.56 Å². The average molecular weight is 709 g/mol. The Morgan fingerprint density at radius 3 is 1.48 bits per heavy atom. The van der Waals surface area contributed by atoms with Gasteiger partial charge in [-0.2, -0.15) is 0 Å². The maximum atomic E-state index is 15.1. The van der Waals surface area contributed by atoms with Gasteiger partial charge in [-0.15, -0.1) is 0 Å². The summed E-state index contributed by atoms with van der Waals surface area (Å²) in [4.78, 5) is 18.6. The van der Waals surface area contributed by atoms with Crippen molar-refractivity contribution in [3.63, 3.8) is 0 Å². The number of rotatable bonds is 5. The van der Waals surface area contributed by atoms with E-state index in [0.717, 1.165) is 44.1 Å². The fourth-order valence-corrected chi connectivity index (χ4v) is 7.05. The second kappa shape index (κ2) is 13.1. The quantitative estimate of drug-likeness (QED) is 0.0774. The Kier molecular flexibility index (Phi) is 7.90. The van der Waals surface area contributed by atoms with Crippen LogP contribution in [0.5, 0.6) is 0 Å². The molecule has 7 aromatic carbocycles. The molecule has 2 heterocycles. The lowest BCUT2D eigenvalue weighted by molar-refractivity contribution is 0.465. The largest absolute Gasteiger partial charge is 0.262 e. The van der Waals surface area contributed by atoms with E-state index in [1.807, 2.05) is 115 Å². The number of para-hydroxylation sites is 1. The third-order valence-corrected chi connectivity index (χ3v) is 9.58. The third-order valence-electron chi connectivity index (χ3n) is 9.58. The van der Waals surface area contributed by atoms with Gasteiger partial charge in [0.2, 0.25) is 0 Å². The minimum absolute atomic E-state index is 0.101. The van der Waals surface area contributed by atoms with Crippen LogP contribution in [0.1, 0.15) is 0 Å². The second-order valence-corrected chi connectivity index (χ2v) is 12.7. The first-order chi connectivity index (χ1) is 26.4. The Morgan fingerprint density at radius 2 is 0.907 bits per heavy atom. The zero-order valence-electron chi connectivity index (χ0n) is 28.2. The van der Waals surface area contributed by atoms with Gasteiger partial charge in [-0.25, -0.2) is 37.4 Å². The van der Waals surface area contributed by atoms with Gasteiger partial charge in [0.1, 0.15) is 0 Å². The van der Waals surface area contributed by atoms with Crippen LogP contribution in [0.2, 0.25) is 0 Å². The van der Waals surface area contributed by atoms with E-state index >= 15 is 8.78 Å². The molecule has 0 saturated heterocycles. The molecule has 9 aromatic rings. The number of nitrogens with zero attached hydrogens (tertiary/aromatic N) is 4. The Morgan fingerprint density at radius 1 is 0.426 bits per heavy atom. The summed E-state index contributed by atoms with van der Waals surface area (Å²) in [7, 11) is 0. The molecule has 0 bridgehead atoms. The number of aromatic nitrogens is 3. The van der Waals surface area contributed by atoms with Crippen molar-refractivity contribution in [2.75, 3.05) is 0 Å². The summed E-state index contributed by atoms with van der Waals surface area (Å²) in [5, 5.41) is 2.42. The minimum Gasteiger partial charge on any atom is -0.247 e. The van der Waals surface area contributed by atoms with Crippen LogP contribution in [-0.2, 0) is 0 Å². The summed E-state index contributed by atoms with van der Waals surface area (Å²) in [5.74, 6) is -6.75. The summed E-state index contributed by atoms with van der Waals surface area (Å²) in [6.45, 7) is 6.96. The average Bonchev–Trinajstić information content (AvgIpc) is 3.23. The lowest BCUT2D eigenvalue weighted by Crippen LogP contribution is -2.00. The van der Waals surface area contributed by atoms with Gasteiger partial charge in [0.15, 0.2) is 23.3 Å². The molecule has 4 nitrogen and oxygen atoms in total. The van der Waals surface area contributed by atoms with Gasteiger partial charge in [-0.3, -0.25) is 0 Å². The molecule has 2 aromatic heterocycles. The number of halogens is 4. The van der Waals surface area contributed by atoms with Crippen molar-refractivity contribution in [2.24, 2.45) is 0 Å². The fourth-order valence-electron chi connectivity index (χ4n) is 7.05. The van der Waals surface area contributed by atoms with E-state index in [4.69, 9.17) is 21.5 Å². The van der Waals surface area contributed by atoms with Crippen molar-refractivity contribution in [3.05, 3.63) is 180 Å². The molecule has 54 heavy (non-hydrogen) atoms. The molecule has 0 aliphatic carbocycles. The highest BCUT2D eigenvalue weighted by Crippen LogP contribution is 2.43. The Balaban J connectivity index is 1.37. The van der Waals surface area contributed by atoms with E-state index in [2.05, 4.69) is 10.9 Å². The molecule has 0 saturated carbocycles. The van der Waals surface area contributed by atoms with Gasteiger partial charge in [-0.05, 0) is 23.3 Å². The van der Waals surface area contributed by atoms with Crippen LogP contribution in [0.4, 0.5) is 23.2 Å². The highest BCUT2D eigenvalue weighted by molar-refractivity contribution is 6.24. The molecule has 0 unspecified atom stereocenters. The highest BCUT2D eigenvalue weighted by atomic mass is 19.2. The maximum absolute atomic E-state index is 15.1. The Labute approximate surface area is 306 Å². The van der Waals surface area contributed by atoms with Crippen molar-refractivity contribution in [1.82, 2.24) is 15.0 Å². The second-order valence-electron chi connectivity index (χ2n) is 12.7. The van der Waals surface area contributed by atoms with E-state index in [1.54, 1.807) is 12.1 Å². The van der Waals surface area contributed by atoms with E-state index in [9.17, 15) is 8.78 Å². The van der Waals surface area contributed by atoms with Crippen molar-refractivity contribution in [2.45, 2.75) is 0 Å². The lowest BCUT2D eigenvalue weighted by Gasteiger charge is -2.18. The Hall–Kier alpha value is -7.24. The van der Waals surface area contributed by atoms with Crippen LogP contribution in [0, 0.1) is 29.8 Å². The monoisotopic (exact) mass is 708 g/mol.